The molecular formula is C18H19FN4O2. The zero-order valence-corrected chi connectivity index (χ0v) is 13.9. The van der Waals surface area contributed by atoms with Crippen molar-refractivity contribution < 1.29 is 14.0 Å². The lowest BCUT2D eigenvalue weighted by Crippen LogP contribution is -2.60. The van der Waals surface area contributed by atoms with Crippen molar-refractivity contribution in [3.05, 3.63) is 59.7 Å². The highest BCUT2D eigenvalue weighted by Gasteiger charge is 2.34. The summed E-state index contributed by atoms with van der Waals surface area (Å²) in [4.78, 5) is 32.2. The highest BCUT2D eigenvalue weighted by atomic mass is 19.1. The topological polar surface area (TPSA) is 79.5 Å². The third-order valence-electron chi connectivity index (χ3n) is 4.32. The van der Waals surface area contributed by atoms with E-state index in [9.17, 15) is 14.0 Å². The second kappa shape index (κ2) is 6.88. The number of pyridine rings is 1. The van der Waals surface area contributed by atoms with Gasteiger partial charge in [-0.2, -0.15) is 0 Å². The number of halogens is 1. The van der Waals surface area contributed by atoms with E-state index in [1.807, 2.05) is 11.8 Å². The van der Waals surface area contributed by atoms with Crippen LogP contribution in [0.3, 0.4) is 0 Å². The molecule has 1 unspecified atom stereocenters. The van der Waals surface area contributed by atoms with Crippen LogP contribution in [0, 0.1) is 12.7 Å². The zero-order chi connectivity index (χ0) is 18.0. The minimum atomic E-state index is -0.757. The molecule has 3 rings (SSSR count). The molecule has 1 atom stereocenters. The average molecular weight is 342 g/mol. The molecule has 2 heterocycles. The smallest absolute Gasteiger partial charge is 0.256 e. The summed E-state index contributed by atoms with van der Waals surface area (Å²) >= 11 is 0. The monoisotopic (exact) mass is 342 g/mol. The Hall–Kier alpha value is -2.96. The number of hydrogen-bond acceptors (Lipinski definition) is 4. The molecule has 2 N–H and O–H groups in total. The number of carbonyl (C=O) groups is 2. The van der Waals surface area contributed by atoms with Gasteiger partial charge in [-0.25, -0.2) is 4.39 Å². The average Bonchev–Trinajstić information content (AvgIpc) is 2.62. The summed E-state index contributed by atoms with van der Waals surface area (Å²) in [5, 5.41) is 0. The van der Waals surface area contributed by atoms with Crippen LogP contribution in [0.1, 0.15) is 16.1 Å². The van der Waals surface area contributed by atoms with Crippen LogP contribution in [0.15, 0.2) is 42.6 Å². The summed E-state index contributed by atoms with van der Waals surface area (Å²) in [7, 11) is 0. The van der Waals surface area contributed by atoms with Crippen molar-refractivity contribution in [1.82, 2.24) is 9.88 Å². The van der Waals surface area contributed by atoms with Crippen molar-refractivity contribution in [3.63, 3.8) is 0 Å². The Labute approximate surface area is 145 Å². The summed E-state index contributed by atoms with van der Waals surface area (Å²) in [5.41, 5.74) is 7.55. The summed E-state index contributed by atoms with van der Waals surface area (Å²) in [6.07, 6.45) is 1.50. The van der Waals surface area contributed by atoms with Crippen LogP contribution >= 0.6 is 0 Å². The molecule has 25 heavy (non-hydrogen) atoms. The molecule has 1 aliphatic rings. The largest absolute Gasteiger partial charge is 0.368 e. The number of benzene rings is 1. The standard InChI is InChI=1S/C18H19FN4O2/c1-12-2-3-13(10-21-12)18(25)23-9-8-22(11-16(23)17(20)24)15-6-4-14(19)5-7-15/h2-7,10,16H,8-9,11H2,1H3,(H2,20,24). The Balaban J connectivity index is 1.80. The van der Waals surface area contributed by atoms with E-state index in [2.05, 4.69) is 4.98 Å². The van der Waals surface area contributed by atoms with Crippen molar-refractivity contribution >= 4 is 17.5 Å². The Morgan fingerprint density at radius 3 is 2.48 bits per heavy atom. The predicted octanol–water partition coefficient (Wildman–Crippen LogP) is 1.35. The molecule has 0 bridgehead atoms. The quantitative estimate of drug-likeness (QED) is 0.913. The maximum absolute atomic E-state index is 13.1. The molecular weight excluding hydrogens is 323 g/mol. The summed E-state index contributed by atoms with van der Waals surface area (Å²) in [5.74, 6) is -1.16. The molecule has 1 aromatic carbocycles. The minimum Gasteiger partial charge on any atom is -0.368 e. The van der Waals surface area contributed by atoms with Gasteiger partial charge in [0.05, 0.1) is 5.56 Å². The third-order valence-corrected chi connectivity index (χ3v) is 4.32. The van der Waals surface area contributed by atoms with E-state index in [-0.39, 0.29) is 18.3 Å². The molecule has 0 spiro atoms. The van der Waals surface area contributed by atoms with Gasteiger partial charge in [0.15, 0.2) is 0 Å². The van der Waals surface area contributed by atoms with Crippen LogP contribution in [0.5, 0.6) is 0 Å². The molecule has 6 nitrogen and oxygen atoms in total. The Morgan fingerprint density at radius 1 is 1.16 bits per heavy atom. The summed E-state index contributed by atoms with van der Waals surface area (Å²) in [6.45, 7) is 2.98. The first-order chi connectivity index (χ1) is 12.0. The number of piperazine rings is 1. The van der Waals surface area contributed by atoms with Crippen molar-refractivity contribution in [2.24, 2.45) is 5.73 Å². The lowest BCUT2D eigenvalue weighted by atomic mass is 10.1. The van der Waals surface area contributed by atoms with Gasteiger partial charge >= 0.3 is 0 Å². The number of primary amides is 1. The highest BCUT2D eigenvalue weighted by molar-refractivity contribution is 5.97. The molecule has 2 amide bonds. The first-order valence-corrected chi connectivity index (χ1v) is 7.99. The summed E-state index contributed by atoms with van der Waals surface area (Å²) < 4.78 is 13.1. The fourth-order valence-electron chi connectivity index (χ4n) is 2.92. The van der Waals surface area contributed by atoms with E-state index in [1.54, 1.807) is 24.3 Å². The van der Waals surface area contributed by atoms with Crippen LogP contribution in [0.25, 0.3) is 0 Å². The first kappa shape index (κ1) is 16.9. The van der Waals surface area contributed by atoms with Crippen LogP contribution in [0.2, 0.25) is 0 Å². The molecule has 1 saturated heterocycles. The number of rotatable bonds is 3. The predicted molar refractivity (Wildman–Crippen MR) is 91.6 cm³/mol. The lowest BCUT2D eigenvalue weighted by Gasteiger charge is -2.41. The van der Waals surface area contributed by atoms with Gasteiger partial charge in [-0.15, -0.1) is 0 Å². The van der Waals surface area contributed by atoms with E-state index in [4.69, 9.17) is 5.73 Å². The van der Waals surface area contributed by atoms with Gasteiger partial charge in [0.25, 0.3) is 5.91 Å². The number of anilines is 1. The number of nitrogens with two attached hydrogens (primary N) is 1. The zero-order valence-electron chi connectivity index (χ0n) is 13.9. The molecule has 1 aromatic heterocycles. The maximum atomic E-state index is 13.1. The number of aryl methyl sites for hydroxylation is 1. The van der Waals surface area contributed by atoms with E-state index < -0.39 is 11.9 Å². The number of carbonyl (C=O) groups excluding carboxylic acids is 2. The molecule has 1 aliphatic heterocycles. The van der Waals surface area contributed by atoms with E-state index in [0.29, 0.717) is 18.7 Å². The Bertz CT molecular complexity index is 777. The molecule has 0 aliphatic carbocycles. The van der Waals surface area contributed by atoms with Crippen LogP contribution in [-0.2, 0) is 4.79 Å². The van der Waals surface area contributed by atoms with Gasteiger partial charge < -0.3 is 15.5 Å². The number of amides is 2. The lowest BCUT2D eigenvalue weighted by molar-refractivity contribution is -0.122. The second-order valence-electron chi connectivity index (χ2n) is 6.03. The van der Waals surface area contributed by atoms with Gasteiger partial charge in [-0.05, 0) is 43.3 Å². The minimum absolute atomic E-state index is 0.268. The van der Waals surface area contributed by atoms with Gasteiger partial charge in [0.2, 0.25) is 5.91 Å². The maximum Gasteiger partial charge on any atom is 0.256 e. The molecule has 2 aromatic rings. The van der Waals surface area contributed by atoms with E-state index >= 15 is 0 Å². The molecule has 0 saturated carbocycles. The number of nitrogens with zero attached hydrogens (tertiary/aromatic N) is 3. The van der Waals surface area contributed by atoms with Gasteiger partial charge in [0, 0.05) is 37.2 Å². The molecule has 1 fully saturated rings. The van der Waals surface area contributed by atoms with Gasteiger partial charge in [-0.3, -0.25) is 14.6 Å². The third kappa shape index (κ3) is 3.60. The van der Waals surface area contributed by atoms with Crippen molar-refractivity contribution in [2.45, 2.75) is 13.0 Å². The fourth-order valence-corrected chi connectivity index (χ4v) is 2.92. The van der Waals surface area contributed by atoms with E-state index in [0.717, 1.165) is 11.4 Å². The Morgan fingerprint density at radius 2 is 1.88 bits per heavy atom. The molecule has 130 valence electrons. The van der Waals surface area contributed by atoms with Gasteiger partial charge in [0.1, 0.15) is 11.9 Å². The molecule has 7 heteroatoms. The van der Waals surface area contributed by atoms with Gasteiger partial charge in [-0.1, -0.05) is 0 Å². The molecule has 0 radical (unpaired) electrons. The first-order valence-electron chi connectivity index (χ1n) is 7.99. The normalized spacial score (nSPS) is 17.4. The van der Waals surface area contributed by atoms with Crippen molar-refractivity contribution in [2.75, 3.05) is 24.5 Å². The Kier molecular flexibility index (Phi) is 4.65. The summed E-state index contributed by atoms with van der Waals surface area (Å²) in [6, 6.07) is 8.71. The van der Waals surface area contributed by atoms with E-state index in [1.165, 1.54) is 23.2 Å². The SMILES string of the molecule is Cc1ccc(C(=O)N2CCN(c3ccc(F)cc3)CC2C(N)=O)cn1. The van der Waals surface area contributed by atoms with Crippen LogP contribution in [-0.4, -0.2) is 47.4 Å². The number of hydrogen-bond donors (Lipinski definition) is 1. The van der Waals surface area contributed by atoms with Crippen LogP contribution in [0.4, 0.5) is 10.1 Å². The van der Waals surface area contributed by atoms with Crippen LogP contribution < -0.4 is 10.6 Å². The number of aromatic nitrogens is 1. The second-order valence-corrected chi connectivity index (χ2v) is 6.03. The van der Waals surface area contributed by atoms with Crippen molar-refractivity contribution in [3.8, 4) is 0 Å². The highest BCUT2D eigenvalue weighted by Crippen LogP contribution is 2.21. The van der Waals surface area contributed by atoms with Crippen molar-refractivity contribution in [1.29, 1.82) is 0 Å². The fraction of sp³-hybridized carbons (Fsp3) is 0.278.